The molecule has 0 rings (SSSR count). The molecule has 0 N–H and O–H groups in total. The number of rotatable bonds is 14. The van der Waals surface area contributed by atoms with Crippen LogP contribution in [-0.2, 0) is 47.7 Å². The van der Waals surface area contributed by atoms with Gasteiger partial charge in [0.2, 0.25) is 0 Å². The molecular weight excluding hydrogens is 464 g/mol. The van der Waals surface area contributed by atoms with Crippen molar-refractivity contribution in [1.82, 2.24) is 0 Å². The first-order chi connectivity index (χ1) is 14.9. The van der Waals surface area contributed by atoms with Crippen molar-refractivity contribution in [2.75, 3.05) is 18.1 Å². The third kappa shape index (κ3) is 12.2. The van der Waals surface area contributed by atoms with E-state index >= 15 is 0 Å². The number of ether oxygens (including phenoxy) is 5. The molecule has 0 aromatic carbocycles. The van der Waals surface area contributed by atoms with Crippen molar-refractivity contribution >= 4 is 53.4 Å². The SMILES string of the molecule is CCSC(SCC)[C@H](OC(C)=O)[C@H](OC(C)=O)[C@@H](OC(C)=O)[C@H](COC(C)=O)OC(C)=O. The van der Waals surface area contributed by atoms with E-state index in [9.17, 15) is 24.0 Å². The molecule has 0 fully saturated rings. The molecule has 0 heterocycles. The molecule has 0 aliphatic carbocycles. The normalized spacial score (nSPS) is 14.5. The molecule has 0 aromatic heterocycles. The van der Waals surface area contributed by atoms with Gasteiger partial charge in [0.1, 0.15) is 6.61 Å². The highest BCUT2D eigenvalue weighted by Gasteiger charge is 2.46. The highest BCUT2D eigenvalue weighted by molar-refractivity contribution is 8.17. The number of carbonyl (C=O) groups excluding carboxylic acids is 5. The smallest absolute Gasteiger partial charge is 0.303 e. The van der Waals surface area contributed by atoms with E-state index in [4.69, 9.17) is 23.7 Å². The summed E-state index contributed by atoms with van der Waals surface area (Å²) < 4.78 is 26.2. The lowest BCUT2D eigenvalue weighted by molar-refractivity contribution is -0.201. The fraction of sp³-hybridized carbons (Fsp3) is 0.750. The van der Waals surface area contributed by atoms with Crippen LogP contribution in [0, 0.1) is 0 Å². The number of hydrogen-bond acceptors (Lipinski definition) is 12. The van der Waals surface area contributed by atoms with E-state index in [2.05, 4.69) is 0 Å². The molecule has 0 saturated carbocycles. The molecule has 0 aliphatic rings. The Morgan fingerprint density at radius 1 is 0.594 bits per heavy atom. The number of esters is 5. The average molecular weight is 497 g/mol. The van der Waals surface area contributed by atoms with E-state index in [0.29, 0.717) is 11.5 Å². The van der Waals surface area contributed by atoms with E-state index in [1.165, 1.54) is 30.4 Å². The second kappa shape index (κ2) is 15.8. The minimum absolute atomic E-state index is 0.400. The molecule has 0 saturated heterocycles. The maximum atomic E-state index is 12.0. The van der Waals surface area contributed by atoms with Crippen LogP contribution in [0.5, 0.6) is 0 Å². The van der Waals surface area contributed by atoms with E-state index in [1.807, 2.05) is 13.8 Å². The standard InChI is InChI=1S/C20H32O10S2/c1-8-31-20(32-9-2)19(30-15(7)25)18(29-14(6)24)17(28-13(5)23)16(27-12(4)22)10-26-11(3)21/h16-20H,8-10H2,1-7H3/t16-,17-,18+,19+/m0/s1. The van der Waals surface area contributed by atoms with Crippen LogP contribution in [0.1, 0.15) is 48.5 Å². The Kier molecular flexibility index (Phi) is 14.8. The molecule has 10 nitrogen and oxygen atoms in total. The van der Waals surface area contributed by atoms with Gasteiger partial charge in [-0.1, -0.05) is 13.8 Å². The second-order valence-corrected chi connectivity index (χ2v) is 9.59. The average Bonchev–Trinajstić information content (AvgIpc) is 2.65. The maximum Gasteiger partial charge on any atom is 0.303 e. The zero-order valence-corrected chi connectivity index (χ0v) is 21.0. The molecule has 184 valence electrons. The number of thioether (sulfide) groups is 2. The third-order valence-corrected chi connectivity index (χ3v) is 6.30. The lowest BCUT2D eigenvalue weighted by atomic mass is 10.0. The minimum Gasteiger partial charge on any atom is -0.462 e. The molecule has 0 radical (unpaired) electrons. The van der Waals surface area contributed by atoms with E-state index < -0.39 is 65.5 Å². The predicted molar refractivity (Wildman–Crippen MR) is 119 cm³/mol. The molecule has 0 aliphatic heterocycles. The summed E-state index contributed by atoms with van der Waals surface area (Å²) in [6.45, 7) is 9.09. The summed E-state index contributed by atoms with van der Waals surface area (Å²) >= 11 is 2.89. The fourth-order valence-electron chi connectivity index (χ4n) is 2.70. The highest BCUT2D eigenvalue weighted by Crippen LogP contribution is 2.33. The summed E-state index contributed by atoms with van der Waals surface area (Å²) in [7, 11) is 0. The summed E-state index contributed by atoms with van der Waals surface area (Å²) in [4.78, 5) is 58.9. The Morgan fingerprint density at radius 2 is 1.00 bits per heavy atom. The molecule has 0 amide bonds. The Balaban J connectivity index is 6.51. The lowest BCUT2D eigenvalue weighted by Gasteiger charge is -2.37. The molecule has 0 bridgehead atoms. The van der Waals surface area contributed by atoms with Crippen molar-refractivity contribution in [1.29, 1.82) is 0 Å². The first kappa shape index (κ1) is 30.0. The van der Waals surface area contributed by atoms with Crippen molar-refractivity contribution in [3.8, 4) is 0 Å². The van der Waals surface area contributed by atoms with Crippen molar-refractivity contribution in [2.45, 2.75) is 77.5 Å². The number of carbonyl (C=O) groups is 5. The largest absolute Gasteiger partial charge is 0.462 e. The van der Waals surface area contributed by atoms with Crippen molar-refractivity contribution in [3.05, 3.63) is 0 Å². The molecule has 4 atom stereocenters. The van der Waals surface area contributed by atoms with Crippen LogP contribution < -0.4 is 0 Å². The van der Waals surface area contributed by atoms with Crippen LogP contribution in [0.15, 0.2) is 0 Å². The summed E-state index contributed by atoms with van der Waals surface area (Å²) in [5, 5.41) is 0. The van der Waals surface area contributed by atoms with Gasteiger partial charge in [-0.2, -0.15) is 0 Å². The van der Waals surface area contributed by atoms with E-state index in [1.54, 1.807) is 0 Å². The van der Waals surface area contributed by atoms with Crippen LogP contribution in [0.2, 0.25) is 0 Å². The van der Waals surface area contributed by atoms with Crippen LogP contribution in [0.25, 0.3) is 0 Å². The van der Waals surface area contributed by atoms with Gasteiger partial charge >= 0.3 is 29.8 Å². The van der Waals surface area contributed by atoms with Crippen LogP contribution in [0.3, 0.4) is 0 Å². The Labute approximate surface area is 196 Å². The van der Waals surface area contributed by atoms with Gasteiger partial charge in [-0.3, -0.25) is 24.0 Å². The van der Waals surface area contributed by atoms with Crippen molar-refractivity contribution in [2.24, 2.45) is 0 Å². The van der Waals surface area contributed by atoms with Gasteiger partial charge in [0.15, 0.2) is 24.4 Å². The minimum atomic E-state index is -1.42. The highest BCUT2D eigenvalue weighted by atomic mass is 32.2. The molecule has 32 heavy (non-hydrogen) atoms. The summed E-state index contributed by atoms with van der Waals surface area (Å²) in [5.41, 5.74) is 0. The predicted octanol–water partition coefficient (Wildman–Crippen LogP) is 2.11. The second-order valence-electron chi connectivity index (χ2n) is 6.45. The zero-order valence-electron chi connectivity index (χ0n) is 19.4. The summed E-state index contributed by atoms with van der Waals surface area (Å²) in [6.07, 6.45) is -5.14. The maximum absolute atomic E-state index is 12.0. The van der Waals surface area contributed by atoms with Crippen LogP contribution in [0.4, 0.5) is 0 Å². The monoisotopic (exact) mass is 496 g/mol. The summed E-state index contributed by atoms with van der Waals surface area (Å²) in [5.74, 6) is -2.24. The summed E-state index contributed by atoms with van der Waals surface area (Å²) in [6, 6.07) is 0. The quantitative estimate of drug-likeness (QED) is 0.198. The molecular formula is C20H32O10S2. The zero-order chi connectivity index (χ0) is 24.8. The van der Waals surface area contributed by atoms with Gasteiger partial charge in [-0.25, -0.2) is 0 Å². The van der Waals surface area contributed by atoms with Crippen LogP contribution in [-0.4, -0.2) is 77.0 Å². The van der Waals surface area contributed by atoms with Crippen molar-refractivity contribution < 1.29 is 47.7 Å². The molecule has 0 unspecified atom stereocenters. The van der Waals surface area contributed by atoms with Gasteiger partial charge in [0, 0.05) is 34.6 Å². The fourth-order valence-corrected chi connectivity index (χ4v) is 5.36. The third-order valence-electron chi connectivity index (χ3n) is 3.62. The van der Waals surface area contributed by atoms with Gasteiger partial charge in [0.25, 0.3) is 0 Å². The van der Waals surface area contributed by atoms with Crippen molar-refractivity contribution in [3.63, 3.8) is 0 Å². The van der Waals surface area contributed by atoms with Gasteiger partial charge in [0.05, 0.1) is 4.58 Å². The molecule has 0 spiro atoms. The van der Waals surface area contributed by atoms with Gasteiger partial charge in [-0.15, -0.1) is 23.5 Å². The van der Waals surface area contributed by atoms with Gasteiger partial charge in [-0.05, 0) is 11.5 Å². The molecule has 12 heteroatoms. The molecule has 0 aromatic rings. The Morgan fingerprint density at radius 3 is 1.38 bits per heavy atom. The Hall–Kier alpha value is -1.95. The first-order valence-corrected chi connectivity index (χ1v) is 12.1. The topological polar surface area (TPSA) is 132 Å². The van der Waals surface area contributed by atoms with E-state index in [0.717, 1.165) is 27.7 Å². The van der Waals surface area contributed by atoms with E-state index in [-0.39, 0.29) is 0 Å². The van der Waals surface area contributed by atoms with Gasteiger partial charge < -0.3 is 23.7 Å². The number of hydrogen-bond donors (Lipinski definition) is 0. The lowest BCUT2D eigenvalue weighted by Crippen LogP contribution is -2.55. The van der Waals surface area contributed by atoms with Crippen LogP contribution >= 0.6 is 23.5 Å². The first-order valence-electron chi connectivity index (χ1n) is 9.98. The Bertz CT molecular complexity index is 648.